The van der Waals surface area contributed by atoms with Crippen LogP contribution >= 0.6 is 0 Å². The molecule has 1 atom stereocenters. The van der Waals surface area contributed by atoms with Crippen LogP contribution in [0.15, 0.2) is 15.8 Å². The van der Waals surface area contributed by atoms with Crippen molar-refractivity contribution in [1.29, 1.82) is 0 Å². The van der Waals surface area contributed by atoms with Crippen LogP contribution in [-0.4, -0.2) is 22.1 Å². The molecule has 1 heterocycles. The summed E-state index contributed by atoms with van der Waals surface area (Å²) in [5.41, 5.74) is -0.438. The number of ether oxygens (including phenoxy) is 1. The Hall–Kier alpha value is -1.85. The van der Waals surface area contributed by atoms with Crippen LogP contribution in [0.1, 0.15) is 104 Å². The summed E-state index contributed by atoms with van der Waals surface area (Å²) in [5, 5.41) is 0. The summed E-state index contributed by atoms with van der Waals surface area (Å²) in [6.07, 6.45) is 12.6. The average molecular weight is 451 g/mol. The number of unbranched alkanes of at least 4 members (excludes halogenated alkanes) is 8. The molecule has 1 N–H and O–H groups in total. The van der Waals surface area contributed by atoms with Crippen molar-refractivity contribution < 1.29 is 9.53 Å². The minimum absolute atomic E-state index is 0.0412. The monoisotopic (exact) mass is 450 g/mol. The molecule has 1 unspecified atom stereocenters. The van der Waals surface area contributed by atoms with E-state index in [1.165, 1.54) is 32.1 Å². The molecule has 32 heavy (non-hydrogen) atoms. The molecule has 6 nitrogen and oxygen atoms in total. The molecule has 1 aromatic heterocycles. The number of nitrogens with zero attached hydrogens (tertiary/aromatic N) is 1. The molecule has 0 aliphatic carbocycles. The Labute approximate surface area is 194 Å². The van der Waals surface area contributed by atoms with Crippen molar-refractivity contribution >= 4 is 5.97 Å². The first-order valence-electron chi connectivity index (χ1n) is 12.6. The minimum atomic E-state index is -0.390. The van der Waals surface area contributed by atoms with Gasteiger partial charge in [0.2, 0.25) is 0 Å². The van der Waals surface area contributed by atoms with Gasteiger partial charge in [-0.15, -0.1) is 0 Å². The zero-order chi connectivity index (χ0) is 24.1. The van der Waals surface area contributed by atoms with E-state index in [0.717, 1.165) is 32.1 Å². The van der Waals surface area contributed by atoms with E-state index in [2.05, 4.69) is 32.7 Å². The molecule has 1 rings (SSSR count). The van der Waals surface area contributed by atoms with Gasteiger partial charge in [-0.25, -0.2) is 4.79 Å². The molecule has 0 saturated carbocycles. The van der Waals surface area contributed by atoms with Crippen LogP contribution in [0.3, 0.4) is 0 Å². The molecule has 6 heteroatoms. The van der Waals surface area contributed by atoms with E-state index < -0.39 is 5.41 Å². The fourth-order valence-electron chi connectivity index (χ4n) is 4.14. The van der Waals surface area contributed by atoms with Gasteiger partial charge in [-0.3, -0.25) is 14.6 Å². The summed E-state index contributed by atoms with van der Waals surface area (Å²) in [6.45, 7) is 13.5. The lowest BCUT2D eigenvalue weighted by molar-refractivity contribution is -0.159. The van der Waals surface area contributed by atoms with Gasteiger partial charge in [0.1, 0.15) is 0 Å². The van der Waals surface area contributed by atoms with Crippen molar-refractivity contribution in [3.05, 3.63) is 32.6 Å². The standard InChI is InChI=1S/C26H46N2O4/c1-20(2)18-26(6,21(3)4)24(30)32-17-15-13-11-9-7-8-10-12-14-16-28-19-22(5)23(29)27-25(28)31/h19-21H,7-18H2,1-6H3,(H,27,29,31). The van der Waals surface area contributed by atoms with Gasteiger partial charge < -0.3 is 9.30 Å². The number of nitrogens with one attached hydrogen (secondary N) is 1. The third-order valence-electron chi connectivity index (χ3n) is 6.54. The molecule has 0 amide bonds. The van der Waals surface area contributed by atoms with E-state index in [0.29, 0.717) is 24.6 Å². The minimum Gasteiger partial charge on any atom is -0.465 e. The van der Waals surface area contributed by atoms with E-state index in [-0.39, 0.29) is 23.1 Å². The van der Waals surface area contributed by atoms with Gasteiger partial charge in [0, 0.05) is 18.3 Å². The summed E-state index contributed by atoms with van der Waals surface area (Å²) in [4.78, 5) is 38.1. The van der Waals surface area contributed by atoms with Crippen LogP contribution in [0.2, 0.25) is 0 Å². The van der Waals surface area contributed by atoms with E-state index in [1.54, 1.807) is 17.7 Å². The summed E-state index contributed by atoms with van der Waals surface area (Å²) < 4.78 is 7.21. The Morgan fingerprint density at radius 2 is 1.50 bits per heavy atom. The molecular weight excluding hydrogens is 404 g/mol. The number of rotatable bonds is 16. The fraction of sp³-hybridized carbons (Fsp3) is 0.808. The lowest BCUT2D eigenvalue weighted by Gasteiger charge is -2.32. The predicted molar refractivity (Wildman–Crippen MR) is 131 cm³/mol. The van der Waals surface area contributed by atoms with Gasteiger partial charge in [0.15, 0.2) is 0 Å². The molecule has 0 fully saturated rings. The summed E-state index contributed by atoms with van der Waals surface area (Å²) in [7, 11) is 0. The number of carbonyl (C=O) groups excluding carboxylic acids is 1. The molecular formula is C26H46N2O4. The van der Waals surface area contributed by atoms with E-state index in [9.17, 15) is 14.4 Å². The summed E-state index contributed by atoms with van der Waals surface area (Å²) in [6, 6.07) is 0. The number of esters is 1. The maximum Gasteiger partial charge on any atom is 0.328 e. The van der Waals surface area contributed by atoms with Crippen LogP contribution in [0.4, 0.5) is 0 Å². The second-order valence-electron chi connectivity index (χ2n) is 10.3. The van der Waals surface area contributed by atoms with Crippen molar-refractivity contribution in [2.45, 2.75) is 112 Å². The third-order valence-corrected chi connectivity index (χ3v) is 6.54. The molecule has 0 bridgehead atoms. The summed E-state index contributed by atoms with van der Waals surface area (Å²) >= 11 is 0. The van der Waals surface area contributed by atoms with Gasteiger partial charge in [-0.05, 0) is 44.9 Å². The van der Waals surface area contributed by atoms with Crippen molar-refractivity contribution in [2.24, 2.45) is 17.3 Å². The lowest BCUT2D eigenvalue weighted by Crippen LogP contribution is -2.36. The second-order valence-corrected chi connectivity index (χ2v) is 10.3. The Balaban J connectivity index is 2.06. The third kappa shape index (κ3) is 9.74. The number of aryl methyl sites for hydroxylation is 2. The quantitative estimate of drug-likeness (QED) is 0.262. The first-order valence-corrected chi connectivity index (χ1v) is 12.6. The molecule has 0 aromatic carbocycles. The SMILES string of the molecule is Cc1cn(CCCCCCCCCCCOC(=O)C(C)(CC(C)C)C(C)C)c(=O)[nH]c1=O. The lowest BCUT2D eigenvalue weighted by atomic mass is 9.73. The van der Waals surface area contributed by atoms with Crippen LogP contribution in [0, 0.1) is 24.2 Å². The van der Waals surface area contributed by atoms with Crippen molar-refractivity contribution in [2.75, 3.05) is 6.61 Å². The first kappa shape index (κ1) is 28.2. The number of hydrogen-bond donors (Lipinski definition) is 1. The topological polar surface area (TPSA) is 81.2 Å². The fourth-order valence-corrected chi connectivity index (χ4v) is 4.14. The van der Waals surface area contributed by atoms with Crippen LogP contribution in [0.25, 0.3) is 0 Å². The molecule has 1 aromatic rings. The number of H-pyrrole nitrogens is 1. The van der Waals surface area contributed by atoms with Gasteiger partial charge in [0.25, 0.3) is 5.56 Å². The van der Waals surface area contributed by atoms with E-state index in [4.69, 9.17) is 4.74 Å². The van der Waals surface area contributed by atoms with Gasteiger partial charge in [-0.1, -0.05) is 72.6 Å². The Morgan fingerprint density at radius 1 is 0.969 bits per heavy atom. The smallest absolute Gasteiger partial charge is 0.328 e. The van der Waals surface area contributed by atoms with Gasteiger partial charge >= 0.3 is 11.7 Å². The largest absolute Gasteiger partial charge is 0.465 e. The maximum absolute atomic E-state index is 12.6. The summed E-state index contributed by atoms with van der Waals surface area (Å²) in [5.74, 6) is 0.714. The van der Waals surface area contributed by atoms with Gasteiger partial charge in [0.05, 0.1) is 12.0 Å². The highest BCUT2D eigenvalue weighted by atomic mass is 16.5. The van der Waals surface area contributed by atoms with Crippen molar-refractivity contribution in [3.8, 4) is 0 Å². The normalized spacial score (nSPS) is 13.5. The zero-order valence-corrected chi connectivity index (χ0v) is 21.3. The molecule has 0 radical (unpaired) electrons. The van der Waals surface area contributed by atoms with Crippen LogP contribution in [-0.2, 0) is 16.1 Å². The molecule has 0 aliphatic heterocycles. The van der Waals surface area contributed by atoms with Crippen LogP contribution < -0.4 is 11.2 Å². The maximum atomic E-state index is 12.6. The predicted octanol–water partition coefficient (Wildman–Crippen LogP) is 5.61. The highest BCUT2D eigenvalue weighted by Crippen LogP contribution is 2.35. The van der Waals surface area contributed by atoms with Crippen LogP contribution in [0.5, 0.6) is 0 Å². The highest BCUT2D eigenvalue weighted by Gasteiger charge is 2.38. The number of aromatic nitrogens is 2. The molecule has 0 spiro atoms. The number of carbonyl (C=O) groups is 1. The molecule has 0 saturated heterocycles. The van der Waals surface area contributed by atoms with E-state index >= 15 is 0 Å². The number of hydrogen-bond acceptors (Lipinski definition) is 4. The average Bonchev–Trinajstić information content (AvgIpc) is 2.71. The Bertz CT molecular complexity index is 794. The highest BCUT2D eigenvalue weighted by molar-refractivity contribution is 5.76. The zero-order valence-electron chi connectivity index (χ0n) is 21.3. The molecule has 0 aliphatic rings. The van der Waals surface area contributed by atoms with Gasteiger partial charge in [-0.2, -0.15) is 0 Å². The second kappa shape index (κ2) is 14.3. The van der Waals surface area contributed by atoms with Crippen molar-refractivity contribution in [3.63, 3.8) is 0 Å². The number of aromatic amines is 1. The Morgan fingerprint density at radius 3 is 2.03 bits per heavy atom. The molecule has 184 valence electrons. The van der Waals surface area contributed by atoms with Crippen molar-refractivity contribution in [1.82, 2.24) is 9.55 Å². The van der Waals surface area contributed by atoms with E-state index in [1.807, 2.05) is 6.92 Å². The Kier molecular flexibility index (Phi) is 12.6. The first-order chi connectivity index (χ1) is 15.1.